The van der Waals surface area contributed by atoms with Gasteiger partial charge in [-0.05, 0) is 48.1 Å². The van der Waals surface area contributed by atoms with Gasteiger partial charge in [0.1, 0.15) is 5.69 Å². The summed E-state index contributed by atoms with van der Waals surface area (Å²) in [7, 11) is 3.26. The van der Waals surface area contributed by atoms with E-state index in [0.717, 1.165) is 28.1 Å². The molecule has 28 heavy (non-hydrogen) atoms. The van der Waals surface area contributed by atoms with Crippen LogP contribution >= 0.6 is 11.3 Å². The number of benzene rings is 1. The molecule has 7 heteroatoms. The maximum atomic E-state index is 13.3. The third kappa shape index (κ3) is 3.22. The molecule has 1 unspecified atom stereocenters. The molecule has 3 aromatic rings. The topological polar surface area (TPSA) is 64.6 Å². The van der Waals surface area contributed by atoms with Crippen LogP contribution in [0.5, 0.6) is 11.5 Å². The second-order valence-electron chi connectivity index (χ2n) is 6.62. The van der Waals surface area contributed by atoms with Crippen LogP contribution in [0.1, 0.15) is 38.2 Å². The minimum Gasteiger partial charge on any atom is -0.493 e. The highest BCUT2D eigenvalue weighted by molar-refractivity contribution is 7.10. The zero-order valence-corrected chi connectivity index (χ0v) is 16.8. The van der Waals surface area contributed by atoms with Crippen LogP contribution in [0.3, 0.4) is 0 Å². The summed E-state index contributed by atoms with van der Waals surface area (Å²) in [5, 5.41) is 2.03. The van der Waals surface area contributed by atoms with E-state index >= 15 is 0 Å². The van der Waals surface area contributed by atoms with E-state index in [0.29, 0.717) is 23.7 Å². The van der Waals surface area contributed by atoms with E-state index in [1.54, 1.807) is 38.0 Å². The van der Waals surface area contributed by atoms with Gasteiger partial charge in [-0.3, -0.25) is 9.78 Å². The van der Waals surface area contributed by atoms with Crippen LogP contribution in [-0.2, 0) is 6.42 Å². The van der Waals surface area contributed by atoms with Crippen LogP contribution in [-0.4, -0.2) is 41.5 Å². The Morgan fingerprint density at radius 3 is 2.61 bits per heavy atom. The van der Waals surface area contributed by atoms with Gasteiger partial charge >= 0.3 is 0 Å². The Bertz CT molecular complexity index is 987. The van der Waals surface area contributed by atoms with E-state index in [1.807, 2.05) is 35.4 Å². The number of fused-ring (bicyclic) bond motifs is 1. The Morgan fingerprint density at radius 1 is 1.18 bits per heavy atom. The molecule has 1 aliphatic rings. The number of nitrogens with zero attached hydrogens (tertiary/aromatic N) is 3. The van der Waals surface area contributed by atoms with Crippen molar-refractivity contribution in [3.05, 3.63) is 69.4 Å². The van der Waals surface area contributed by atoms with Gasteiger partial charge in [-0.2, -0.15) is 0 Å². The monoisotopic (exact) mass is 395 g/mol. The standard InChI is InChI=1S/C21H21N3O3S/c1-13-11-23-16(12-22-13)21(25)24-7-6-14-9-17(26-2)18(27-3)10-15(14)20(24)19-5-4-8-28-19/h4-5,8-12,20H,6-7H2,1-3H3. The molecule has 1 aromatic carbocycles. The third-order valence-electron chi connectivity index (χ3n) is 4.95. The van der Waals surface area contributed by atoms with Crippen molar-refractivity contribution in [2.24, 2.45) is 0 Å². The maximum Gasteiger partial charge on any atom is 0.274 e. The van der Waals surface area contributed by atoms with Gasteiger partial charge in [0.2, 0.25) is 0 Å². The first-order valence-electron chi connectivity index (χ1n) is 9.00. The highest BCUT2D eigenvalue weighted by Gasteiger charge is 2.35. The fourth-order valence-electron chi connectivity index (χ4n) is 3.57. The van der Waals surface area contributed by atoms with Crippen molar-refractivity contribution in [2.75, 3.05) is 20.8 Å². The van der Waals surface area contributed by atoms with E-state index < -0.39 is 0 Å². The van der Waals surface area contributed by atoms with E-state index in [2.05, 4.69) is 16.0 Å². The Balaban J connectivity index is 1.81. The van der Waals surface area contributed by atoms with Crippen molar-refractivity contribution >= 4 is 17.2 Å². The van der Waals surface area contributed by atoms with E-state index in [-0.39, 0.29) is 11.9 Å². The molecule has 6 nitrogen and oxygen atoms in total. The van der Waals surface area contributed by atoms with Gasteiger partial charge in [0.15, 0.2) is 11.5 Å². The number of carbonyl (C=O) groups is 1. The van der Waals surface area contributed by atoms with Crippen LogP contribution in [0.15, 0.2) is 42.0 Å². The summed E-state index contributed by atoms with van der Waals surface area (Å²) < 4.78 is 11.0. The molecule has 1 atom stereocenters. The summed E-state index contributed by atoms with van der Waals surface area (Å²) in [4.78, 5) is 24.8. The molecule has 0 aliphatic carbocycles. The SMILES string of the molecule is COc1cc2c(cc1OC)C(c1cccs1)N(C(=O)c1cnc(C)cn1)CC2. The van der Waals surface area contributed by atoms with Crippen LogP contribution in [0.2, 0.25) is 0 Å². The highest BCUT2D eigenvalue weighted by Crippen LogP contribution is 2.42. The zero-order chi connectivity index (χ0) is 19.7. The van der Waals surface area contributed by atoms with Crippen molar-refractivity contribution in [3.63, 3.8) is 0 Å². The summed E-state index contributed by atoms with van der Waals surface area (Å²) in [6.45, 7) is 2.45. The molecule has 0 N–H and O–H groups in total. The first kappa shape index (κ1) is 18.4. The van der Waals surface area contributed by atoms with Gasteiger partial charge in [-0.25, -0.2) is 4.98 Å². The van der Waals surface area contributed by atoms with Gasteiger partial charge in [0.25, 0.3) is 5.91 Å². The molecule has 3 heterocycles. The lowest BCUT2D eigenvalue weighted by atomic mass is 9.90. The molecule has 1 aliphatic heterocycles. The summed E-state index contributed by atoms with van der Waals surface area (Å²) in [6, 6.07) is 7.87. The second-order valence-corrected chi connectivity index (χ2v) is 7.59. The summed E-state index contributed by atoms with van der Waals surface area (Å²) in [5.41, 5.74) is 3.36. The molecule has 2 aromatic heterocycles. The van der Waals surface area contributed by atoms with Crippen molar-refractivity contribution in [1.82, 2.24) is 14.9 Å². The fraction of sp³-hybridized carbons (Fsp3) is 0.286. The van der Waals surface area contributed by atoms with Crippen molar-refractivity contribution in [2.45, 2.75) is 19.4 Å². The van der Waals surface area contributed by atoms with E-state index in [1.165, 1.54) is 0 Å². The molecule has 0 spiro atoms. The molecule has 0 fully saturated rings. The number of carbonyl (C=O) groups excluding carboxylic acids is 1. The van der Waals surface area contributed by atoms with Crippen molar-refractivity contribution in [3.8, 4) is 11.5 Å². The highest BCUT2D eigenvalue weighted by atomic mass is 32.1. The number of hydrogen-bond acceptors (Lipinski definition) is 6. The van der Waals surface area contributed by atoms with E-state index in [4.69, 9.17) is 9.47 Å². The smallest absolute Gasteiger partial charge is 0.274 e. The van der Waals surface area contributed by atoms with Crippen molar-refractivity contribution in [1.29, 1.82) is 0 Å². The fourth-order valence-corrected chi connectivity index (χ4v) is 4.42. The number of aryl methyl sites for hydroxylation is 1. The molecular formula is C21H21N3O3S. The first-order valence-corrected chi connectivity index (χ1v) is 9.88. The molecular weight excluding hydrogens is 374 g/mol. The minimum absolute atomic E-state index is 0.119. The second kappa shape index (κ2) is 7.59. The Morgan fingerprint density at radius 2 is 1.96 bits per heavy atom. The predicted molar refractivity (Wildman–Crippen MR) is 107 cm³/mol. The number of rotatable bonds is 4. The van der Waals surface area contributed by atoms with Crippen LogP contribution in [0, 0.1) is 6.92 Å². The molecule has 0 saturated heterocycles. The van der Waals surface area contributed by atoms with Gasteiger partial charge in [0, 0.05) is 17.6 Å². The third-order valence-corrected chi connectivity index (χ3v) is 5.87. The molecule has 0 saturated carbocycles. The zero-order valence-electron chi connectivity index (χ0n) is 16.0. The number of methoxy groups -OCH3 is 2. The number of hydrogen-bond donors (Lipinski definition) is 0. The summed E-state index contributed by atoms with van der Waals surface area (Å²) >= 11 is 1.63. The van der Waals surface area contributed by atoms with E-state index in [9.17, 15) is 4.79 Å². The van der Waals surface area contributed by atoms with Crippen LogP contribution < -0.4 is 9.47 Å². The largest absolute Gasteiger partial charge is 0.493 e. The quantitative estimate of drug-likeness (QED) is 0.675. The predicted octanol–water partition coefficient (Wildman–Crippen LogP) is 3.65. The molecule has 4 rings (SSSR count). The Hall–Kier alpha value is -2.93. The number of ether oxygens (including phenoxy) is 2. The average molecular weight is 395 g/mol. The Labute approximate surface area is 167 Å². The van der Waals surface area contributed by atoms with Gasteiger partial charge in [-0.1, -0.05) is 6.07 Å². The summed E-state index contributed by atoms with van der Waals surface area (Å²) in [5.74, 6) is 1.24. The van der Waals surface area contributed by atoms with Gasteiger partial charge in [0.05, 0.1) is 32.2 Å². The maximum absolute atomic E-state index is 13.3. The van der Waals surface area contributed by atoms with Crippen molar-refractivity contribution < 1.29 is 14.3 Å². The average Bonchev–Trinajstić information content (AvgIpc) is 3.26. The van der Waals surface area contributed by atoms with Crippen LogP contribution in [0.4, 0.5) is 0 Å². The summed E-state index contributed by atoms with van der Waals surface area (Å²) in [6.07, 6.45) is 3.91. The number of aromatic nitrogens is 2. The van der Waals surface area contributed by atoms with Gasteiger partial charge < -0.3 is 14.4 Å². The Kier molecular flexibility index (Phi) is 5.00. The first-order chi connectivity index (χ1) is 13.6. The lowest BCUT2D eigenvalue weighted by Crippen LogP contribution is -2.40. The lowest BCUT2D eigenvalue weighted by Gasteiger charge is -2.37. The lowest BCUT2D eigenvalue weighted by molar-refractivity contribution is 0.0690. The molecule has 144 valence electrons. The normalized spacial score (nSPS) is 15.8. The van der Waals surface area contributed by atoms with Crippen LogP contribution in [0.25, 0.3) is 0 Å². The number of amides is 1. The minimum atomic E-state index is -0.195. The molecule has 1 amide bonds. The number of thiophene rings is 1. The van der Waals surface area contributed by atoms with Gasteiger partial charge in [-0.15, -0.1) is 11.3 Å². The molecule has 0 radical (unpaired) electrons. The molecule has 0 bridgehead atoms.